The van der Waals surface area contributed by atoms with E-state index in [4.69, 9.17) is 0 Å². The number of Topliss-reactive ketones (excluding diaryl/α,β-unsaturated/α-hetero) is 1. The number of aliphatic hydroxyl groups is 1. The summed E-state index contributed by atoms with van der Waals surface area (Å²) in [7, 11) is 0. The summed E-state index contributed by atoms with van der Waals surface area (Å²) in [6.07, 6.45) is -0.284. The highest BCUT2D eigenvalue weighted by Crippen LogP contribution is 2.38. The van der Waals surface area contributed by atoms with E-state index in [2.05, 4.69) is 5.32 Å². The van der Waals surface area contributed by atoms with Crippen molar-refractivity contribution >= 4 is 28.2 Å². The third-order valence-corrected chi connectivity index (χ3v) is 4.48. The van der Waals surface area contributed by atoms with Crippen molar-refractivity contribution < 1.29 is 14.7 Å². The Morgan fingerprint density at radius 2 is 1.67 bits per heavy atom. The average Bonchev–Trinajstić information content (AvgIpc) is 2.85. The van der Waals surface area contributed by atoms with Gasteiger partial charge in [0, 0.05) is 16.8 Å². The predicted molar refractivity (Wildman–Crippen MR) is 91.9 cm³/mol. The Morgan fingerprint density at radius 3 is 2.50 bits per heavy atom. The van der Waals surface area contributed by atoms with Crippen LogP contribution < -0.4 is 5.32 Å². The number of amides is 1. The van der Waals surface area contributed by atoms with Gasteiger partial charge in [-0.2, -0.15) is 0 Å². The van der Waals surface area contributed by atoms with Crippen LogP contribution in [0.4, 0.5) is 5.69 Å². The molecular weight excluding hydrogens is 302 g/mol. The quantitative estimate of drug-likeness (QED) is 0.729. The maximum Gasteiger partial charge on any atom is 0.261 e. The molecule has 0 fully saturated rings. The Morgan fingerprint density at radius 1 is 0.958 bits per heavy atom. The Balaban J connectivity index is 1.69. The number of benzene rings is 3. The van der Waals surface area contributed by atoms with E-state index in [-0.39, 0.29) is 12.2 Å². The Kier molecular flexibility index (Phi) is 3.22. The van der Waals surface area contributed by atoms with Crippen LogP contribution in [-0.2, 0) is 10.4 Å². The first-order valence-corrected chi connectivity index (χ1v) is 7.73. The summed E-state index contributed by atoms with van der Waals surface area (Å²) < 4.78 is 0. The zero-order valence-electron chi connectivity index (χ0n) is 12.8. The molecule has 3 aromatic rings. The minimum Gasteiger partial charge on any atom is -0.375 e. The fourth-order valence-corrected chi connectivity index (χ4v) is 3.17. The van der Waals surface area contributed by atoms with Crippen LogP contribution in [0, 0.1) is 0 Å². The van der Waals surface area contributed by atoms with Crippen LogP contribution in [-0.4, -0.2) is 16.8 Å². The largest absolute Gasteiger partial charge is 0.375 e. The predicted octanol–water partition coefficient (Wildman–Crippen LogP) is 3.25. The fraction of sp³-hybridized carbons (Fsp3) is 0.100. The van der Waals surface area contributed by atoms with E-state index in [0.29, 0.717) is 16.8 Å². The van der Waals surface area contributed by atoms with E-state index >= 15 is 0 Å². The SMILES string of the molecule is O=C(CC1(O)C(=O)Nc2ccccc21)c1ccc2ccccc2c1. The molecule has 0 saturated heterocycles. The molecule has 4 heteroatoms. The first-order valence-electron chi connectivity index (χ1n) is 7.73. The number of hydrogen-bond donors (Lipinski definition) is 2. The Bertz CT molecular complexity index is 979. The van der Waals surface area contributed by atoms with E-state index in [1.54, 1.807) is 36.4 Å². The Hall–Kier alpha value is -2.98. The van der Waals surface area contributed by atoms with Crippen molar-refractivity contribution in [3.63, 3.8) is 0 Å². The van der Waals surface area contributed by atoms with Crippen LogP contribution in [0.1, 0.15) is 22.3 Å². The summed E-state index contributed by atoms with van der Waals surface area (Å²) >= 11 is 0. The molecule has 1 amide bonds. The van der Waals surface area contributed by atoms with Crippen molar-refractivity contribution in [2.24, 2.45) is 0 Å². The average molecular weight is 317 g/mol. The standard InChI is InChI=1S/C20H15NO3/c22-18(15-10-9-13-5-1-2-6-14(13)11-15)12-20(24)16-7-3-4-8-17(16)21-19(20)23/h1-11,24H,12H2,(H,21,23). The molecule has 4 rings (SSSR count). The van der Waals surface area contributed by atoms with Gasteiger partial charge in [0.15, 0.2) is 11.4 Å². The van der Waals surface area contributed by atoms with Gasteiger partial charge in [0.05, 0.1) is 6.42 Å². The first-order chi connectivity index (χ1) is 11.6. The van der Waals surface area contributed by atoms with Gasteiger partial charge < -0.3 is 10.4 Å². The van der Waals surface area contributed by atoms with Gasteiger partial charge in [-0.05, 0) is 22.9 Å². The minimum atomic E-state index is -1.82. The second-order valence-corrected chi connectivity index (χ2v) is 6.02. The van der Waals surface area contributed by atoms with Gasteiger partial charge in [0.1, 0.15) is 0 Å². The lowest BCUT2D eigenvalue weighted by molar-refractivity contribution is -0.133. The molecule has 1 heterocycles. The highest BCUT2D eigenvalue weighted by atomic mass is 16.3. The molecule has 3 aromatic carbocycles. The van der Waals surface area contributed by atoms with Crippen molar-refractivity contribution in [2.75, 3.05) is 5.32 Å². The number of fused-ring (bicyclic) bond motifs is 2. The van der Waals surface area contributed by atoms with Crippen LogP contribution in [0.5, 0.6) is 0 Å². The van der Waals surface area contributed by atoms with Crippen LogP contribution in [0.15, 0.2) is 66.7 Å². The molecule has 1 unspecified atom stereocenters. The van der Waals surface area contributed by atoms with Gasteiger partial charge >= 0.3 is 0 Å². The summed E-state index contributed by atoms with van der Waals surface area (Å²) in [6.45, 7) is 0. The van der Waals surface area contributed by atoms with Crippen LogP contribution in [0.3, 0.4) is 0 Å². The van der Waals surface area contributed by atoms with E-state index in [1.165, 1.54) is 0 Å². The van der Waals surface area contributed by atoms with Crippen LogP contribution in [0.2, 0.25) is 0 Å². The summed E-state index contributed by atoms with van der Waals surface area (Å²) in [6, 6.07) is 20.0. The van der Waals surface area contributed by atoms with Gasteiger partial charge in [0.2, 0.25) is 0 Å². The summed E-state index contributed by atoms with van der Waals surface area (Å²) in [5.41, 5.74) is -0.334. The second kappa shape index (κ2) is 5.28. The van der Waals surface area contributed by atoms with Crippen LogP contribution in [0.25, 0.3) is 10.8 Å². The number of anilines is 1. The van der Waals surface area contributed by atoms with Crippen molar-refractivity contribution in [2.45, 2.75) is 12.0 Å². The monoisotopic (exact) mass is 317 g/mol. The van der Waals surface area contributed by atoms with Crippen LogP contribution >= 0.6 is 0 Å². The zero-order chi connectivity index (χ0) is 16.7. The fourth-order valence-electron chi connectivity index (χ4n) is 3.17. The molecule has 0 radical (unpaired) electrons. The molecular formula is C20H15NO3. The minimum absolute atomic E-state index is 0.268. The third-order valence-electron chi connectivity index (χ3n) is 4.48. The normalized spacial score (nSPS) is 19.1. The molecule has 2 N–H and O–H groups in total. The molecule has 0 aromatic heterocycles. The smallest absolute Gasteiger partial charge is 0.261 e. The van der Waals surface area contributed by atoms with E-state index < -0.39 is 11.5 Å². The molecule has 0 spiro atoms. The number of carbonyl (C=O) groups is 2. The van der Waals surface area contributed by atoms with E-state index in [0.717, 1.165) is 10.8 Å². The highest BCUT2D eigenvalue weighted by Gasteiger charge is 2.46. The molecule has 118 valence electrons. The third kappa shape index (κ3) is 2.20. The first kappa shape index (κ1) is 14.6. The van der Waals surface area contributed by atoms with Crippen molar-refractivity contribution in [3.05, 3.63) is 77.9 Å². The summed E-state index contributed by atoms with van der Waals surface area (Å²) in [5, 5.41) is 15.4. The Labute approximate surface area is 138 Å². The number of carbonyl (C=O) groups excluding carboxylic acids is 2. The lowest BCUT2D eigenvalue weighted by Gasteiger charge is -2.20. The molecule has 1 atom stereocenters. The molecule has 1 aliphatic heterocycles. The highest BCUT2D eigenvalue weighted by molar-refractivity contribution is 6.10. The zero-order valence-corrected chi connectivity index (χ0v) is 12.8. The summed E-state index contributed by atoms with van der Waals surface area (Å²) in [4.78, 5) is 24.9. The number of rotatable bonds is 3. The van der Waals surface area contributed by atoms with E-state index in [1.807, 2.05) is 30.3 Å². The number of hydrogen-bond acceptors (Lipinski definition) is 3. The maximum absolute atomic E-state index is 12.7. The molecule has 0 saturated carbocycles. The number of para-hydroxylation sites is 1. The maximum atomic E-state index is 12.7. The molecule has 0 bridgehead atoms. The van der Waals surface area contributed by atoms with Gasteiger partial charge in [-0.1, -0.05) is 54.6 Å². The lowest BCUT2D eigenvalue weighted by Crippen LogP contribution is -2.36. The van der Waals surface area contributed by atoms with Gasteiger partial charge in [-0.15, -0.1) is 0 Å². The molecule has 1 aliphatic rings. The van der Waals surface area contributed by atoms with Gasteiger partial charge in [-0.3, -0.25) is 9.59 Å². The van der Waals surface area contributed by atoms with Crippen molar-refractivity contribution in [1.29, 1.82) is 0 Å². The number of ketones is 1. The lowest BCUT2D eigenvalue weighted by atomic mass is 9.88. The summed E-state index contributed by atoms with van der Waals surface area (Å²) in [5.74, 6) is -0.826. The van der Waals surface area contributed by atoms with Crippen molar-refractivity contribution in [1.82, 2.24) is 0 Å². The second-order valence-electron chi connectivity index (χ2n) is 6.02. The molecule has 24 heavy (non-hydrogen) atoms. The molecule has 4 nitrogen and oxygen atoms in total. The number of nitrogens with one attached hydrogen (secondary N) is 1. The van der Waals surface area contributed by atoms with E-state index in [9.17, 15) is 14.7 Å². The van der Waals surface area contributed by atoms with Crippen molar-refractivity contribution in [3.8, 4) is 0 Å². The van der Waals surface area contributed by atoms with Gasteiger partial charge in [-0.25, -0.2) is 0 Å². The molecule has 0 aliphatic carbocycles. The van der Waals surface area contributed by atoms with Gasteiger partial charge in [0.25, 0.3) is 5.91 Å². The topological polar surface area (TPSA) is 66.4 Å².